The number of carboxylic acids is 1. The third kappa shape index (κ3) is 2.60. The summed E-state index contributed by atoms with van der Waals surface area (Å²) < 4.78 is 0. The highest BCUT2D eigenvalue weighted by molar-refractivity contribution is 7.09. The van der Waals surface area contributed by atoms with Crippen molar-refractivity contribution in [1.29, 1.82) is 0 Å². The fourth-order valence-electron chi connectivity index (χ4n) is 0.668. The zero-order valence-corrected chi connectivity index (χ0v) is 7.47. The molecule has 0 saturated carbocycles. The lowest BCUT2D eigenvalue weighted by Crippen LogP contribution is -2.32. The first-order chi connectivity index (χ1) is 5.70. The monoisotopic (exact) mass is 186 g/mol. The van der Waals surface area contributed by atoms with Crippen molar-refractivity contribution in [3.63, 3.8) is 0 Å². The summed E-state index contributed by atoms with van der Waals surface area (Å²) in [5, 5.41) is 14.1. The van der Waals surface area contributed by atoms with E-state index in [-0.39, 0.29) is 0 Å². The van der Waals surface area contributed by atoms with E-state index in [4.69, 9.17) is 5.11 Å². The third-order valence-electron chi connectivity index (χ3n) is 1.41. The molecule has 2 N–H and O–H groups in total. The van der Waals surface area contributed by atoms with E-state index < -0.39 is 12.0 Å². The quantitative estimate of drug-likeness (QED) is 0.726. The van der Waals surface area contributed by atoms with Crippen molar-refractivity contribution in [2.75, 3.05) is 0 Å². The number of hydrogen-bond acceptors (Lipinski definition) is 4. The molecule has 0 aliphatic carbocycles. The van der Waals surface area contributed by atoms with Gasteiger partial charge in [0.05, 0.1) is 0 Å². The molecule has 1 atom stereocenters. The number of aliphatic carboxylic acids is 1. The molecule has 66 valence electrons. The number of carboxylic acid groups (broad SMARTS) is 1. The lowest BCUT2D eigenvalue weighted by Gasteiger charge is -2.05. The maximum atomic E-state index is 10.4. The standard InChI is InChI=1S/C7H10N2O2S/c1-5(7(10)11)9-4-6-8-2-3-12-6/h2-3,5,9H,4H2,1H3,(H,10,11). The van der Waals surface area contributed by atoms with Crippen LogP contribution in [-0.4, -0.2) is 22.1 Å². The van der Waals surface area contributed by atoms with Crippen LogP contribution in [0.2, 0.25) is 0 Å². The summed E-state index contributed by atoms with van der Waals surface area (Å²) in [6.07, 6.45) is 1.70. The van der Waals surface area contributed by atoms with Crippen molar-refractivity contribution in [1.82, 2.24) is 10.3 Å². The Kier molecular flexibility index (Phi) is 3.19. The Morgan fingerprint density at radius 2 is 2.67 bits per heavy atom. The molecule has 0 fully saturated rings. The van der Waals surface area contributed by atoms with Crippen LogP contribution in [0, 0.1) is 0 Å². The van der Waals surface area contributed by atoms with Gasteiger partial charge in [-0.25, -0.2) is 4.98 Å². The normalized spacial score (nSPS) is 12.8. The topological polar surface area (TPSA) is 62.2 Å². The SMILES string of the molecule is CC(NCc1nccs1)C(=O)O. The zero-order valence-electron chi connectivity index (χ0n) is 6.65. The molecular weight excluding hydrogens is 176 g/mol. The minimum Gasteiger partial charge on any atom is -0.480 e. The highest BCUT2D eigenvalue weighted by Gasteiger charge is 2.09. The highest BCUT2D eigenvalue weighted by Crippen LogP contribution is 2.02. The fourth-order valence-corrected chi connectivity index (χ4v) is 1.24. The molecule has 4 nitrogen and oxygen atoms in total. The summed E-state index contributed by atoms with van der Waals surface area (Å²) >= 11 is 1.51. The van der Waals surface area contributed by atoms with Gasteiger partial charge in [-0.2, -0.15) is 0 Å². The van der Waals surface area contributed by atoms with Gasteiger partial charge in [0.25, 0.3) is 0 Å². The van der Waals surface area contributed by atoms with E-state index in [0.29, 0.717) is 6.54 Å². The van der Waals surface area contributed by atoms with E-state index in [1.807, 2.05) is 5.38 Å². The van der Waals surface area contributed by atoms with Crippen molar-refractivity contribution in [2.24, 2.45) is 0 Å². The molecule has 1 rings (SSSR count). The van der Waals surface area contributed by atoms with Crippen LogP contribution in [0.4, 0.5) is 0 Å². The number of rotatable bonds is 4. The minimum absolute atomic E-state index is 0.519. The summed E-state index contributed by atoms with van der Waals surface area (Å²) in [5.41, 5.74) is 0. The van der Waals surface area contributed by atoms with Crippen LogP contribution in [0.25, 0.3) is 0 Å². The van der Waals surface area contributed by atoms with E-state index in [1.165, 1.54) is 11.3 Å². The number of carbonyl (C=O) groups is 1. The molecule has 0 aliphatic heterocycles. The Bertz CT molecular complexity index is 248. The first kappa shape index (κ1) is 9.15. The van der Waals surface area contributed by atoms with E-state index in [2.05, 4.69) is 10.3 Å². The molecule has 12 heavy (non-hydrogen) atoms. The molecule has 0 aromatic carbocycles. The molecule has 1 aromatic rings. The van der Waals surface area contributed by atoms with Crippen molar-refractivity contribution in [3.05, 3.63) is 16.6 Å². The van der Waals surface area contributed by atoms with Crippen LogP contribution >= 0.6 is 11.3 Å². The van der Waals surface area contributed by atoms with Crippen LogP contribution in [0.15, 0.2) is 11.6 Å². The Morgan fingerprint density at radius 1 is 1.92 bits per heavy atom. The van der Waals surface area contributed by atoms with Gasteiger partial charge in [-0.05, 0) is 6.92 Å². The molecule has 0 amide bonds. The summed E-state index contributed by atoms with van der Waals surface area (Å²) in [4.78, 5) is 14.4. The molecule has 1 aromatic heterocycles. The third-order valence-corrected chi connectivity index (χ3v) is 2.19. The molecule has 1 unspecified atom stereocenters. The lowest BCUT2D eigenvalue weighted by atomic mass is 10.3. The number of thiazole rings is 1. The highest BCUT2D eigenvalue weighted by atomic mass is 32.1. The molecule has 5 heteroatoms. The molecule has 0 aliphatic rings. The predicted molar refractivity (Wildman–Crippen MR) is 46.1 cm³/mol. The summed E-state index contributed by atoms with van der Waals surface area (Å²) in [7, 11) is 0. The van der Waals surface area contributed by atoms with Gasteiger partial charge in [0.1, 0.15) is 11.0 Å². The molecule has 0 bridgehead atoms. The lowest BCUT2D eigenvalue weighted by molar-refractivity contribution is -0.139. The van der Waals surface area contributed by atoms with Crippen molar-refractivity contribution >= 4 is 17.3 Å². The molecule has 0 spiro atoms. The zero-order chi connectivity index (χ0) is 8.97. The van der Waals surface area contributed by atoms with Gasteiger partial charge in [-0.15, -0.1) is 11.3 Å². The Hall–Kier alpha value is -0.940. The van der Waals surface area contributed by atoms with Gasteiger partial charge < -0.3 is 5.11 Å². The van der Waals surface area contributed by atoms with Gasteiger partial charge >= 0.3 is 5.97 Å². The second-order valence-corrected chi connectivity index (χ2v) is 3.35. The summed E-state index contributed by atoms with van der Waals surface area (Å²) in [5.74, 6) is -0.841. The second-order valence-electron chi connectivity index (χ2n) is 2.37. The van der Waals surface area contributed by atoms with E-state index in [9.17, 15) is 4.79 Å². The summed E-state index contributed by atoms with van der Waals surface area (Å²) in [6, 6.07) is -0.520. The van der Waals surface area contributed by atoms with Crippen molar-refractivity contribution in [3.8, 4) is 0 Å². The average Bonchev–Trinajstić information content (AvgIpc) is 2.51. The van der Waals surface area contributed by atoms with Crippen molar-refractivity contribution < 1.29 is 9.90 Å². The van der Waals surface area contributed by atoms with Gasteiger partial charge in [0.2, 0.25) is 0 Å². The molecule has 1 heterocycles. The van der Waals surface area contributed by atoms with Crippen molar-refractivity contribution in [2.45, 2.75) is 19.5 Å². The van der Waals surface area contributed by atoms with Gasteiger partial charge in [0.15, 0.2) is 0 Å². The maximum Gasteiger partial charge on any atom is 0.320 e. The Labute approximate surface area is 74.3 Å². The van der Waals surface area contributed by atoms with Crippen LogP contribution < -0.4 is 5.32 Å². The summed E-state index contributed by atoms with van der Waals surface area (Å²) in [6.45, 7) is 2.13. The second kappa shape index (κ2) is 4.18. The smallest absolute Gasteiger partial charge is 0.320 e. The molecule has 0 radical (unpaired) electrons. The number of nitrogens with zero attached hydrogens (tertiary/aromatic N) is 1. The number of hydrogen-bond donors (Lipinski definition) is 2. The van der Waals surface area contributed by atoms with Crippen LogP contribution in [0.1, 0.15) is 11.9 Å². The van der Waals surface area contributed by atoms with E-state index >= 15 is 0 Å². The van der Waals surface area contributed by atoms with Crippen LogP contribution in [0.5, 0.6) is 0 Å². The van der Waals surface area contributed by atoms with Gasteiger partial charge in [-0.1, -0.05) is 0 Å². The first-order valence-corrected chi connectivity index (χ1v) is 4.42. The van der Waals surface area contributed by atoms with Crippen LogP contribution in [-0.2, 0) is 11.3 Å². The number of aromatic nitrogens is 1. The molecular formula is C7H10N2O2S. The van der Waals surface area contributed by atoms with E-state index in [0.717, 1.165) is 5.01 Å². The fraction of sp³-hybridized carbons (Fsp3) is 0.429. The number of nitrogens with one attached hydrogen (secondary N) is 1. The van der Waals surface area contributed by atoms with Gasteiger partial charge in [0, 0.05) is 18.1 Å². The Balaban J connectivity index is 2.31. The largest absolute Gasteiger partial charge is 0.480 e. The Morgan fingerprint density at radius 3 is 3.17 bits per heavy atom. The predicted octanol–water partition coefficient (Wildman–Crippen LogP) is 0.706. The minimum atomic E-state index is -0.841. The average molecular weight is 186 g/mol. The van der Waals surface area contributed by atoms with Crippen LogP contribution in [0.3, 0.4) is 0 Å². The van der Waals surface area contributed by atoms with Gasteiger partial charge in [-0.3, -0.25) is 10.1 Å². The van der Waals surface area contributed by atoms with E-state index in [1.54, 1.807) is 13.1 Å². The first-order valence-electron chi connectivity index (χ1n) is 3.54. The molecule has 0 saturated heterocycles. The maximum absolute atomic E-state index is 10.4.